The highest BCUT2D eigenvalue weighted by Crippen LogP contribution is 2.26. The predicted molar refractivity (Wildman–Crippen MR) is 71.1 cm³/mol. The van der Waals surface area contributed by atoms with Crippen LogP contribution in [0.5, 0.6) is 5.75 Å². The number of amides is 1. The number of likely N-dealkylation sites (N-methyl/N-ethyl adjacent to an activating group) is 1. The van der Waals surface area contributed by atoms with E-state index in [0.29, 0.717) is 6.42 Å². The van der Waals surface area contributed by atoms with Crippen molar-refractivity contribution in [3.05, 3.63) is 28.8 Å². The van der Waals surface area contributed by atoms with Gasteiger partial charge in [-0.1, -0.05) is 17.7 Å². The van der Waals surface area contributed by atoms with Crippen molar-refractivity contribution in [2.24, 2.45) is 11.6 Å². The van der Waals surface area contributed by atoms with Crippen molar-refractivity contribution in [2.75, 3.05) is 14.2 Å². The van der Waals surface area contributed by atoms with Gasteiger partial charge < -0.3 is 10.5 Å². The van der Waals surface area contributed by atoms with Gasteiger partial charge in [-0.3, -0.25) is 9.80 Å². The molecule has 1 aromatic rings. The number of hydrogen-bond acceptors (Lipinski definition) is 4. The molecule has 100 valence electrons. The first-order valence-electron chi connectivity index (χ1n) is 5.78. The first-order chi connectivity index (χ1) is 8.36. The molecular weight excluding hydrogens is 230 g/mol. The van der Waals surface area contributed by atoms with Gasteiger partial charge in [-0.2, -0.15) is 0 Å². The topological polar surface area (TPSA) is 81.6 Å². The summed E-state index contributed by atoms with van der Waals surface area (Å²) < 4.78 is 5.36. The van der Waals surface area contributed by atoms with Crippen LogP contribution in [-0.4, -0.2) is 31.1 Å². The van der Waals surface area contributed by atoms with Crippen LogP contribution < -0.4 is 16.3 Å². The average molecular weight is 251 g/mol. The Morgan fingerprint density at radius 3 is 2.56 bits per heavy atom. The molecule has 1 atom stereocenters. The maximum absolute atomic E-state index is 11.7. The molecule has 0 spiro atoms. The molecule has 5 heteroatoms. The van der Waals surface area contributed by atoms with Crippen molar-refractivity contribution < 1.29 is 9.53 Å². The van der Waals surface area contributed by atoms with Gasteiger partial charge in [0.2, 0.25) is 0 Å². The largest absolute Gasteiger partial charge is 0.496 e. The number of rotatable bonds is 4. The number of hydrazine groups is 1. The van der Waals surface area contributed by atoms with E-state index in [-0.39, 0.29) is 5.91 Å². The minimum atomic E-state index is -0.657. The van der Waals surface area contributed by atoms with Crippen molar-refractivity contribution in [3.63, 3.8) is 0 Å². The zero-order valence-electron chi connectivity index (χ0n) is 11.4. The zero-order chi connectivity index (χ0) is 13.9. The Morgan fingerprint density at radius 2 is 2.06 bits per heavy atom. The molecule has 1 amide bonds. The van der Waals surface area contributed by atoms with Crippen molar-refractivity contribution in [3.8, 4) is 5.75 Å². The van der Waals surface area contributed by atoms with Gasteiger partial charge in [-0.25, -0.2) is 5.84 Å². The Balaban J connectivity index is 3.00. The summed E-state index contributed by atoms with van der Waals surface area (Å²) in [5, 5.41) is 1.01. The van der Waals surface area contributed by atoms with Crippen molar-refractivity contribution in [1.29, 1.82) is 0 Å². The first kappa shape index (κ1) is 14.5. The summed E-state index contributed by atoms with van der Waals surface area (Å²) in [5.41, 5.74) is 8.93. The van der Waals surface area contributed by atoms with Gasteiger partial charge in [0.05, 0.1) is 13.2 Å². The minimum Gasteiger partial charge on any atom is -0.496 e. The van der Waals surface area contributed by atoms with Crippen LogP contribution in [0.15, 0.2) is 12.1 Å². The normalized spacial score (nSPS) is 12.1. The second kappa shape index (κ2) is 5.84. The summed E-state index contributed by atoms with van der Waals surface area (Å²) in [6.07, 6.45) is 0.409. The summed E-state index contributed by atoms with van der Waals surface area (Å²) in [7, 11) is 3.10. The smallest absolute Gasteiger partial charge is 0.253 e. The van der Waals surface area contributed by atoms with E-state index >= 15 is 0 Å². The van der Waals surface area contributed by atoms with Crippen LogP contribution in [0.1, 0.15) is 16.7 Å². The lowest BCUT2D eigenvalue weighted by Gasteiger charge is -2.18. The van der Waals surface area contributed by atoms with E-state index < -0.39 is 6.04 Å². The fourth-order valence-corrected chi connectivity index (χ4v) is 2.07. The molecule has 0 saturated heterocycles. The fourth-order valence-electron chi connectivity index (χ4n) is 2.07. The molecule has 5 nitrogen and oxygen atoms in total. The van der Waals surface area contributed by atoms with Gasteiger partial charge in [0.25, 0.3) is 5.91 Å². The second-order valence-electron chi connectivity index (χ2n) is 4.53. The third kappa shape index (κ3) is 3.21. The lowest BCUT2D eigenvalue weighted by molar-refractivity contribution is -0.131. The van der Waals surface area contributed by atoms with E-state index in [1.54, 1.807) is 7.11 Å². The molecule has 0 heterocycles. The average Bonchev–Trinajstić information content (AvgIpc) is 2.27. The number of nitrogens with zero attached hydrogens (tertiary/aromatic N) is 1. The molecule has 0 aromatic heterocycles. The van der Waals surface area contributed by atoms with E-state index in [1.165, 1.54) is 7.05 Å². The number of carbonyl (C=O) groups excluding carboxylic acids is 1. The van der Waals surface area contributed by atoms with Gasteiger partial charge >= 0.3 is 0 Å². The minimum absolute atomic E-state index is 0.295. The van der Waals surface area contributed by atoms with Gasteiger partial charge in [0.1, 0.15) is 5.75 Å². The second-order valence-corrected chi connectivity index (χ2v) is 4.53. The van der Waals surface area contributed by atoms with Crippen molar-refractivity contribution >= 4 is 5.91 Å². The Bertz CT molecular complexity index is 444. The molecule has 4 N–H and O–H groups in total. The zero-order valence-corrected chi connectivity index (χ0v) is 11.4. The fraction of sp³-hybridized carbons (Fsp3) is 0.462. The number of nitrogens with two attached hydrogens (primary N) is 2. The van der Waals surface area contributed by atoms with Crippen LogP contribution in [0.25, 0.3) is 0 Å². The Labute approximate surface area is 108 Å². The highest BCUT2D eigenvalue weighted by atomic mass is 16.5. The molecule has 0 aliphatic carbocycles. The SMILES string of the molecule is COc1c(C)cc(C)cc1CC(N)C(=O)N(C)N. The Morgan fingerprint density at radius 1 is 1.44 bits per heavy atom. The van der Waals surface area contributed by atoms with Crippen LogP contribution in [0.2, 0.25) is 0 Å². The Hall–Kier alpha value is -1.59. The maximum Gasteiger partial charge on any atom is 0.253 e. The van der Waals surface area contributed by atoms with Crippen LogP contribution in [0.4, 0.5) is 0 Å². The molecule has 0 saturated carbocycles. The molecule has 1 unspecified atom stereocenters. The van der Waals surface area contributed by atoms with Crippen molar-refractivity contribution in [2.45, 2.75) is 26.3 Å². The lowest BCUT2D eigenvalue weighted by Crippen LogP contribution is -2.46. The predicted octanol–water partition coefficient (Wildman–Crippen LogP) is 0.514. The highest BCUT2D eigenvalue weighted by molar-refractivity contribution is 5.81. The molecule has 0 aliphatic heterocycles. The summed E-state index contributed by atoms with van der Waals surface area (Å²) >= 11 is 0. The summed E-state index contributed by atoms with van der Waals surface area (Å²) in [4.78, 5) is 11.7. The summed E-state index contributed by atoms with van der Waals surface area (Å²) in [5.74, 6) is 5.88. The van der Waals surface area contributed by atoms with Gasteiger partial charge in [-0.05, 0) is 25.0 Å². The highest BCUT2D eigenvalue weighted by Gasteiger charge is 2.19. The number of hydrogen-bond donors (Lipinski definition) is 2. The number of carbonyl (C=O) groups is 1. The maximum atomic E-state index is 11.7. The van der Waals surface area contributed by atoms with E-state index in [1.807, 2.05) is 26.0 Å². The standard InChI is InChI=1S/C13H21N3O2/c1-8-5-9(2)12(18-4)10(6-8)7-11(14)13(17)16(3)15/h5-6,11H,7,14-15H2,1-4H3. The monoisotopic (exact) mass is 251 g/mol. The van der Waals surface area contributed by atoms with Crippen molar-refractivity contribution in [1.82, 2.24) is 5.01 Å². The molecule has 1 rings (SSSR count). The Kier molecular flexibility index (Phi) is 4.69. The van der Waals surface area contributed by atoms with Crippen LogP contribution in [0.3, 0.4) is 0 Å². The van der Waals surface area contributed by atoms with E-state index in [2.05, 4.69) is 0 Å². The molecule has 18 heavy (non-hydrogen) atoms. The van der Waals surface area contributed by atoms with Gasteiger partial charge in [0.15, 0.2) is 0 Å². The number of methoxy groups -OCH3 is 1. The third-order valence-corrected chi connectivity index (χ3v) is 2.80. The van der Waals surface area contributed by atoms with E-state index in [0.717, 1.165) is 27.4 Å². The third-order valence-electron chi connectivity index (χ3n) is 2.80. The van der Waals surface area contributed by atoms with E-state index in [9.17, 15) is 4.79 Å². The number of aryl methyl sites for hydroxylation is 2. The molecule has 1 aromatic carbocycles. The number of benzene rings is 1. The quantitative estimate of drug-likeness (QED) is 0.464. The first-order valence-corrected chi connectivity index (χ1v) is 5.78. The van der Waals surface area contributed by atoms with Gasteiger partial charge in [-0.15, -0.1) is 0 Å². The summed E-state index contributed by atoms with van der Waals surface area (Å²) in [6.45, 7) is 3.97. The van der Waals surface area contributed by atoms with E-state index in [4.69, 9.17) is 16.3 Å². The summed E-state index contributed by atoms with van der Waals surface area (Å²) in [6, 6.07) is 3.36. The molecule has 0 fully saturated rings. The van der Waals surface area contributed by atoms with Crippen LogP contribution in [0, 0.1) is 13.8 Å². The molecule has 0 bridgehead atoms. The molecular formula is C13H21N3O2. The molecule has 0 aliphatic rings. The molecule has 0 radical (unpaired) electrons. The number of ether oxygens (including phenoxy) is 1. The lowest BCUT2D eigenvalue weighted by atomic mass is 9.99. The van der Waals surface area contributed by atoms with Gasteiger partial charge in [0, 0.05) is 13.5 Å². The van der Waals surface area contributed by atoms with Crippen LogP contribution >= 0.6 is 0 Å². The van der Waals surface area contributed by atoms with Crippen LogP contribution in [-0.2, 0) is 11.2 Å².